The van der Waals surface area contributed by atoms with Crippen molar-refractivity contribution < 1.29 is 4.79 Å². The maximum Gasteiger partial charge on any atom is 0.292 e. The number of nitrogens with one attached hydrogen (secondary N) is 2. The lowest BCUT2D eigenvalue weighted by Crippen LogP contribution is -2.22. The summed E-state index contributed by atoms with van der Waals surface area (Å²) in [6.45, 7) is 0. The molecule has 1 amide bonds. The molecule has 3 aromatic carbocycles. The van der Waals surface area contributed by atoms with Crippen LogP contribution < -0.4 is 11.0 Å². The zero-order valence-electron chi connectivity index (χ0n) is 13.6. The highest BCUT2D eigenvalue weighted by molar-refractivity contribution is 6.05. The molecule has 4 aromatic rings. The number of rotatable bonds is 3. The summed E-state index contributed by atoms with van der Waals surface area (Å²) < 4.78 is 0. The van der Waals surface area contributed by atoms with Crippen molar-refractivity contribution in [3.05, 3.63) is 88.3 Å². The van der Waals surface area contributed by atoms with Gasteiger partial charge in [0.15, 0.2) is 5.69 Å². The largest absolute Gasteiger partial charge is 0.292 e. The van der Waals surface area contributed by atoms with Crippen LogP contribution in [0.15, 0.2) is 76.6 Å². The minimum absolute atomic E-state index is 0.121. The third-order valence-electron chi connectivity index (χ3n) is 4.06. The molecule has 0 bridgehead atoms. The zero-order chi connectivity index (χ0) is 17.9. The lowest BCUT2D eigenvalue weighted by Gasteiger charge is -2.03. The summed E-state index contributed by atoms with van der Waals surface area (Å²) in [5.74, 6) is -0.491. The van der Waals surface area contributed by atoms with Crippen molar-refractivity contribution in [3.63, 3.8) is 0 Å². The molecule has 0 spiro atoms. The Bertz CT molecular complexity index is 1210. The Labute approximate surface area is 148 Å². The molecule has 0 saturated carbocycles. The number of hydrogen-bond donors (Lipinski definition) is 2. The van der Waals surface area contributed by atoms with E-state index in [-0.39, 0.29) is 11.3 Å². The van der Waals surface area contributed by atoms with Crippen LogP contribution in [-0.4, -0.2) is 22.3 Å². The highest BCUT2D eigenvalue weighted by Gasteiger charge is 2.13. The first-order valence-corrected chi connectivity index (χ1v) is 8.02. The number of aromatic amines is 1. The topological polar surface area (TPSA) is 87.2 Å². The van der Waals surface area contributed by atoms with Gasteiger partial charge in [-0.1, -0.05) is 54.6 Å². The van der Waals surface area contributed by atoms with Crippen molar-refractivity contribution in [2.45, 2.75) is 0 Å². The molecule has 126 valence electrons. The van der Waals surface area contributed by atoms with Gasteiger partial charge in [-0.3, -0.25) is 9.59 Å². The van der Waals surface area contributed by atoms with Crippen LogP contribution in [0.2, 0.25) is 0 Å². The van der Waals surface area contributed by atoms with Gasteiger partial charge in [-0.25, -0.2) is 10.5 Å². The Morgan fingerprint density at radius 3 is 2.54 bits per heavy atom. The number of H-pyrrole nitrogens is 1. The second-order valence-electron chi connectivity index (χ2n) is 5.75. The molecule has 0 atom stereocenters. The van der Waals surface area contributed by atoms with Crippen LogP contribution in [0.25, 0.3) is 21.5 Å². The Balaban J connectivity index is 1.57. The molecule has 0 aliphatic carbocycles. The van der Waals surface area contributed by atoms with E-state index in [0.29, 0.717) is 10.8 Å². The smallest absolute Gasteiger partial charge is 0.267 e. The maximum atomic E-state index is 12.4. The molecule has 1 heterocycles. The molecule has 0 radical (unpaired) electrons. The fourth-order valence-corrected chi connectivity index (χ4v) is 2.79. The van der Waals surface area contributed by atoms with Gasteiger partial charge < -0.3 is 0 Å². The zero-order valence-corrected chi connectivity index (χ0v) is 13.6. The quantitative estimate of drug-likeness (QED) is 0.443. The normalized spacial score (nSPS) is 11.2. The number of carbonyl (C=O) groups excluding carboxylic acids is 1. The van der Waals surface area contributed by atoms with Crippen LogP contribution in [0, 0.1) is 0 Å². The van der Waals surface area contributed by atoms with Gasteiger partial charge in [-0.05, 0) is 28.5 Å². The molecule has 0 aliphatic heterocycles. The second-order valence-corrected chi connectivity index (χ2v) is 5.75. The molecule has 2 N–H and O–H groups in total. The highest BCUT2D eigenvalue weighted by atomic mass is 16.2. The molecule has 26 heavy (non-hydrogen) atoms. The molecule has 0 aliphatic rings. The summed E-state index contributed by atoms with van der Waals surface area (Å²) in [5.41, 5.74) is 3.10. The number of nitrogens with zero attached hydrogens (tertiary/aromatic N) is 2. The van der Waals surface area contributed by atoms with Crippen molar-refractivity contribution >= 4 is 33.7 Å². The van der Waals surface area contributed by atoms with E-state index >= 15 is 0 Å². The Hall–Kier alpha value is -3.80. The number of carbonyl (C=O) groups is 1. The van der Waals surface area contributed by atoms with Crippen molar-refractivity contribution in [2.24, 2.45) is 5.10 Å². The van der Waals surface area contributed by atoms with E-state index in [0.717, 1.165) is 16.3 Å². The van der Waals surface area contributed by atoms with E-state index in [1.54, 1.807) is 30.5 Å². The molecular weight excluding hydrogens is 328 g/mol. The number of fused-ring (bicyclic) bond motifs is 2. The summed E-state index contributed by atoms with van der Waals surface area (Å²) in [4.78, 5) is 24.1. The molecule has 6 nitrogen and oxygen atoms in total. The van der Waals surface area contributed by atoms with Crippen molar-refractivity contribution in [3.8, 4) is 0 Å². The average molecular weight is 342 g/mol. The summed E-state index contributed by atoms with van der Waals surface area (Å²) in [6, 6.07) is 20.7. The Kier molecular flexibility index (Phi) is 3.99. The summed E-state index contributed by atoms with van der Waals surface area (Å²) >= 11 is 0. The van der Waals surface area contributed by atoms with Crippen LogP contribution in [0.4, 0.5) is 0 Å². The predicted octanol–water partition coefficient (Wildman–Crippen LogP) is 2.84. The van der Waals surface area contributed by atoms with Crippen molar-refractivity contribution in [1.29, 1.82) is 0 Å². The fourth-order valence-electron chi connectivity index (χ4n) is 2.79. The second kappa shape index (κ2) is 6.60. The molecular formula is C20H14N4O2. The Morgan fingerprint density at radius 1 is 0.962 bits per heavy atom. The van der Waals surface area contributed by atoms with E-state index in [1.165, 1.54) is 0 Å². The monoisotopic (exact) mass is 342 g/mol. The lowest BCUT2D eigenvalue weighted by atomic mass is 10.1. The van der Waals surface area contributed by atoms with Gasteiger partial charge in [0, 0.05) is 5.39 Å². The van der Waals surface area contributed by atoms with Gasteiger partial charge in [-0.15, -0.1) is 0 Å². The predicted molar refractivity (Wildman–Crippen MR) is 101 cm³/mol. The van der Waals surface area contributed by atoms with E-state index in [4.69, 9.17) is 0 Å². The first-order valence-electron chi connectivity index (χ1n) is 8.02. The number of hydrazone groups is 1. The summed E-state index contributed by atoms with van der Waals surface area (Å²) in [5, 5.41) is 13.3. The van der Waals surface area contributed by atoms with Crippen LogP contribution in [-0.2, 0) is 0 Å². The van der Waals surface area contributed by atoms with Gasteiger partial charge in [-0.2, -0.15) is 10.2 Å². The van der Waals surface area contributed by atoms with Crippen LogP contribution >= 0.6 is 0 Å². The third kappa shape index (κ3) is 2.95. The fraction of sp³-hybridized carbons (Fsp3) is 0. The third-order valence-corrected chi connectivity index (χ3v) is 4.06. The number of benzene rings is 3. The Morgan fingerprint density at radius 2 is 1.69 bits per heavy atom. The van der Waals surface area contributed by atoms with Crippen LogP contribution in [0.5, 0.6) is 0 Å². The van der Waals surface area contributed by atoms with Gasteiger partial charge in [0.05, 0.1) is 11.6 Å². The number of hydrogen-bond acceptors (Lipinski definition) is 4. The number of amides is 1. The van der Waals surface area contributed by atoms with Crippen molar-refractivity contribution in [2.75, 3.05) is 0 Å². The SMILES string of the molecule is O=C(N/N=C/c1ccc2ccccc2c1)c1n[nH]c(=O)c2ccccc12. The van der Waals surface area contributed by atoms with Gasteiger partial charge >= 0.3 is 0 Å². The van der Waals surface area contributed by atoms with Crippen molar-refractivity contribution in [1.82, 2.24) is 15.6 Å². The first-order chi connectivity index (χ1) is 12.7. The molecule has 4 rings (SSSR count). The van der Waals surface area contributed by atoms with Gasteiger partial charge in [0.2, 0.25) is 0 Å². The maximum absolute atomic E-state index is 12.4. The van der Waals surface area contributed by atoms with E-state index < -0.39 is 5.91 Å². The standard InChI is InChI=1S/C20H14N4O2/c25-19-17-8-4-3-7-16(17)18(22-24-19)20(26)23-21-12-13-9-10-14-5-1-2-6-15(14)11-13/h1-12H,(H,23,26)(H,24,25)/b21-12+. The van der Waals surface area contributed by atoms with E-state index in [1.807, 2.05) is 42.5 Å². The molecule has 1 aromatic heterocycles. The average Bonchev–Trinajstić information content (AvgIpc) is 2.68. The minimum Gasteiger partial charge on any atom is -0.267 e. The lowest BCUT2D eigenvalue weighted by molar-refractivity contribution is 0.0951. The first kappa shape index (κ1) is 15.7. The van der Waals surface area contributed by atoms with Gasteiger partial charge in [0.1, 0.15) is 0 Å². The molecule has 0 unspecified atom stereocenters. The van der Waals surface area contributed by atoms with E-state index in [9.17, 15) is 9.59 Å². The molecule has 0 saturated heterocycles. The van der Waals surface area contributed by atoms with Crippen LogP contribution in [0.1, 0.15) is 16.1 Å². The number of aromatic nitrogens is 2. The molecule has 6 heteroatoms. The summed E-state index contributed by atoms with van der Waals surface area (Å²) in [7, 11) is 0. The summed E-state index contributed by atoms with van der Waals surface area (Å²) in [6.07, 6.45) is 1.57. The van der Waals surface area contributed by atoms with Crippen LogP contribution in [0.3, 0.4) is 0 Å². The van der Waals surface area contributed by atoms with E-state index in [2.05, 4.69) is 20.7 Å². The highest BCUT2D eigenvalue weighted by Crippen LogP contribution is 2.15. The minimum atomic E-state index is -0.491. The molecule has 0 fully saturated rings. The van der Waals surface area contributed by atoms with Gasteiger partial charge in [0.25, 0.3) is 11.5 Å².